The van der Waals surface area contributed by atoms with Gasteiger partial charge in [0.05, 0.1) is 44.8 Å². The molecule has 2 heterocycles. The van der Waals surface area contributed by atoms with Gasteiger partial charge < -0.3 is 18.9 Å². The Morgan fingerprint density at radius 2 is 1.71 bits per heavy atom. The first-order valence-electron chi connectivity index (χ1n) is 10.9. The Kier molecular flexibility index (Phi) is 9.35. The van der Waals surface area contributed by atoms with E-state index in [4.69, 9.17) is 23.9 Å². The fourth-order valence-corrected chi connectivity index (χ4v) is 4.76. The Balaban J connectivity index is 0.00000324. The molecule has 8 nitrogen and oxygen atoms in total. The summed E-state index contributed by atoms with van der Waals surface area (Å²) in [5.41, 5.74) is 1.30. The minimum atomic E-state index is -0.139. The van der Waals surface area contributed by atoms with Gasteiger partial charge in [-0.3, -0.25) is 14.6 Å². The minimum Gasteiger partial charge on any atom is -0.497 e. The van der Waals surface area contributed by atoms with Gasteiger partial charge in [-0.05, 0) is 30.7 Å². The molecular weight excluding hydrogens is 478 g/mol. The smallest absolute Gasteiger partial charge is 0.260 e. The van der Waals surface area contributed by atoms with Crippen LogP contribution in [0.2, 0.25) is 0 Å². The Bertz CT molecular complexity index is 1080. The number of carbonyl (C=O) groups excluding carboxylic acids is 1. The first-order chi connectivity index (χ1) is 16.1. The third-order valence-electron chi connectivity index (χ3n) is 5.62. The normalized spacial score (nSPS) is 13.9. The van der Waals surface area contributed by atoms with Crippen LogP contribution < -0.4 is 19.1 Å². The van der Waals surface area contributed by atoms with Crippen molar-refractivity contribution in [3.63, 3.8) is 0 Å². The summed E-state index contributed by atoms with van der Waals surface area (Å²) in [6, 6.07) is 11.0. The van der Waals surface area contributed by atoms with Crippen LogP contribution in [0, 0.1) is 0 Å². The third kappa shape index (κ3) is 6.09. The Morgan fingerprint density at radius 3 is 2.35 bits per heavy atom. The fourth-order valence-electron chi connectivity index (χ4n) is 3.79. The number of morpholine rings is 1. The van der Waals surface area contributed by atoms with Gasteiger partial charge in [-0.2, -0.15) is 0 Å². The number of hydrogen-bond donors (Lipinski definition) is 0. The van der Waals surface area contributed by atoms with Gasteiger partial charge in [0.2, 0.25) is 0 Å². The number of anilines is 1. The van der Waals surface area contributed by atoms with E-state index >= 15 is 0 Å². The summed E-state index contributed by atoms with van der Waals surface area (Å²) in [6.45, 7) is 4.79. The molecule has 0 radical (unpaired) electrons. The molecule has 3 aromatic rings. The highest BCUT2D eigenvalue weighted by Crippen LogP contribution is 2.33. The summed E-state index contributed by atoms with van der Waals surface area (Å²) in [4.78, 5) is 22.6. The maximum atomic E-state index is 13.7. The average molecular weight is 508 g/mol. The summed E-state index contributed by atoms with van der Waals surface area (Å²) >= 11 is 1.50. The second-order valence-corrected chi connectivity index (χ2v) is 8.70. The molecule has 1 aliphatic rings. The lowest BCUT2D eigenvalue weighted by Gasteiger charge is -2.27. The zero-order chi connectivity index (χ0) is 23.2. The number of benzene rings is 2. The van der Waals surface area contributed by atoms with E-state index in [1.165, 1.54) is 11.3 Å². The number of aromatic nitrogens is 1. The predicted octanol–water partition coefficient (Wildman–Crippen LogP) is 4.11. The Hall–Kier alpha value is -2.59. The van der Waals surface area contributed by atoms with Crippen LogP contribution in [-0.4, -0.2) is 76.5 Å². The number of amides is 1. The van der Waals surface area contributed by atoms with E-state index < -0.39 is 0 Å². The molecule has 0 bridgehead atoms. The van der Waals surface area contributed by atoms with Gasteiger partial charge >= 0.3 is 0 Å². The van der Waals surface area contributed by atoms with E-state index in [0.29, 0.717) is 28.7 Å². The van der Waals surface area contributed by atoms with Gasteiger partial charge in [0, 0.05) is 43.9 Å². The van der Waals surface area contributed by atoms with E-state index in [1.54, 1.807) is 44.4 Å². The van der Waals surface area contributed by atoms with E-state index in [0.717, 1.165) is 55.2 Å². The van der Waals surface area contributed by atoms with Crippen molar-refractivity contribution in [2.75, 3.05) is 65.6 Å². The van der Waals surface area contributed by atoms with E-state index in [9.17, 15) is 4.79 Å². The first kappa shape index (κ1) is 26.0. The first-order valence-corrected chi connectivity index (χ1v) is 11.7. The number of fused-ring (bicyclic) bond motifs is 1. The lowest BCUT2D eigenvalue weighted by Crippen LogP contribution is -2.39. The number of halogens is 1. The van der Waals surface area contributed by atoms with Crippen LogP contribution >= 0.6 is 23.7 Å². The predicted molar refractivity (Wildman–Crippen MR) is 137 cm³/mol. The van der Waals surface area contributed by atoms with Crippen LogP contribution in [0.5, 0.6) is 17.2 Å². The van der Waals surface area contributed by atoms with Crippen molar-refractivity contribution in [1.82, 2.24) is 9.88 Å². The highest BCUT2D eigenvalue weighted by Gasteiger charge is 2.23. The SMILES string of the molecule is COc1cc(OC)cc(C(=O)N(CCCN2CCOCC2)c2nc3cc(OC)ccc3s2)c1.Cl. The molecular formula is C24H30ClN3O5S. The maximum Gasteiger partial charge on any atom is 0.260 e. The largest absolute Gasteiger partial charge is 0.497 e. The highest BCUT2D eigenvalue weighted by molar-refractivity contribution is 7.22. The van der Waals surface area contributed by atoms with Gasteiger partial charge in [-0.15, -0.1) is 12.4 Å². The van der Waals surface area contributed by atoms with Crippen LogP contribution in [0.4, 0.5) is 5.13 Å². The Labute approximate surface area is 209 Å². The third-order valence-corrected chi connectivity index (χ3v) is 6.68. The monoisotopic (exact) mass is 507 g/mol. The topological polar surface area (TPSA) is 73.4 Å². The summed E-state index contributed by atoms with van der Waals surface area (Å²) in [7, 11) is 4.78. The molecule has 0 unspecified atom stereocenters. The van der Waals surface area contributed by atoms with Crippen LogP contribution in [0.15, 0.2) is 36.4 Å². The molecule has 34 heavy (non-hydrogen) atoms. The Morgan fingerprint density at radius 1 is 1.03 bits per heavy atom. The summed E-state index contributed by atoms with van der Waals surface area (Å²) in [5, 5.41) is 0.659. The second-order valence-electron chi connectivity index (χ2n) is 7.70. The van der Waals surface area contributed by atoms with Gasteiger partial charge in [-0.1, -0.05) is 11.3 Å². The zero-order valence-corrected chi connectivity index (χ0v) is 21.2. The molecule has 0 spiro atoms. The molecule has 10 heteroatoms. The average Bonchev–Trinajstić information content (AvgIpc) is 3.29. The molecule has 1 saturated heterocycles. The number of thiazole rings is 1. The molecule has 0 N–H and O–H groups in total. The van der Waals surface area contributed by atoms with Crippen molar-refractivity contribution in [1.29, 1.82) is 0 Å². The number of nitrogens with zero attached hydrogens (tertiary/aromatic N) is 3. The molecule has 1 fully saturated rings. The molecule has 0 aliphatic carbocycles. The standard InChI is InChI=1S/C24H29N3O5S.ClH/c1-29-18-5-6-22-21(16-18)25-24(33-22)27(8-4-7-26-9-11-32-12-10-26)23(28)17-13-19(30-2)15-20(14-17)31-3;/h5-6,13-16H,4,7-12H2,1-3H3;1H. The number of ether oxygens (including phenoxy) is 4. The zero-order valence-electron chi connectivity index (χ0n) is 19.6. The lowest BCUT2D eigenvalue weighted by molar-refractivity contribution is 0.0376. The quantitative estimate of drug-likeness (QED) is 0.431. The van der Waals surface area contributed by atoms with Gasteiger partial charge in [0.1, 0.15) is 17.2 Å². The van der Waals surface area contributed by atoms with Crippen molar-refractivity contribution < 1.29 is 23.7 Å². The fraction of sp³-hybridized carbons (Fsp3) is 0.417. The molecule has 0 atom stereocenters. The molecule has 0 saturated carbocycles. The van der Waals surface area contributed by atoms with E-state index in [-0.39, 0.29) is 18.3 Å². The van der Waals surface area contributed by atoms with Crippen molar-refractivity contribution >= 4 is 45.0 Å². The van der Waals surface area contributed by atoms with E-state index in [2.05, 4.69) is 4.90 Å². The summed E-state index contributed by atoms with van der Waals surface area (Å²) < 4.78 is 22.5. The van der Waals surface area contributed by atoms with Crippen LogP contribution in [0.3, 0.4) is 0 Å². The van der Waals surface area contributed by atoms with Crippen LogP contribution in [0.1, 0.15) is 16.8 Å². The number of methoxy groups -OCH3 is 3. The molecule has 4 rings (SSSR count). The van der Waals surface area contributed by atoms with Crippen molar-refractivity contribution in [2.45, 2.75) is 6.42 Å². The van der Waals surface area contributed by atoms with Crippen molar-refractivity contribution in [3.05, 3.63) is 42.0 Å². The molecule has 1 aromatic heterocycles. The molecule has 1 amide bonds. The van der Waals surface area contributed by atoms with Crippen LogP contribution in [-0.2, 0) is 4.74 Å². The van der Waals surface area contributed by atoms with Crippen molar-refractivity contribution in [2.24, 2.45) is 0 Å². The summed E-state index contributed by atoms with van der Waals surface area (Å²) in [5.74, 6) is 1.74. The molecule has 1 aliphatic heterocycles. The van der Waals surface area contributed by atoms with E-state index in [1.807, 2.05) is 18.2 Å². The van der Waals surface area contributed by atoms with Crippen LogP contribution in [0.25, 0.3) is 10.2 Å². The minimum absolute atomic E-state index is 0. The number of rotatable bonds is 9. The van der Waals surface area contributed by atoms with Gasteiger partial charge in [-0.25, -0.2) is 4.98 Å². The number of carbonyl (C=O) groups is 1. The highest BCUT2D eigenvalue weighted by atomic mass is 35.5. The molecule has 2 aromatic carbocycles. The summed E-state index contributed by atoms with van der Waals surface area (Å²) in [6.07, 6.45) is 0.825. The number of hydrogen-bond acceptors (Lipinski definition) is 8. The van der Waals surface area contributed by atoms with Gasteiger partial charge in [0.15, 0.2) is 5.13 Å². The second kappa shape index (κ2) is 12.2. The lowest BCUT2D eigenvalue weighted by atomic mass is 10.1. The van der Waals surface area contributed by atoms with Gasteiger partial charge in [0.25, 0.3) is 5.91 Å². The van der Waals surface area contributed by atoms with Crippen molar-refractivity contribution in [3.8, 4) is 17.2 Å². The maximum absolute atomic E-state index is 13.7. The molecule has 184 valence electrons.